The summed E-state index contributed by atoms with van der Waals surface area (Å²) in [5.74, 6) is 1.14. The average Bonchev–Trinajstić information content (AvgIpc) is 2.78. The van der Waals surface area contributed by atoms with E-state index in [4.69, 9.17) is 9.47 Å². The number of ether oxygens (including phenoxy) is 2. The fraction of sp³-hybridized carbons (Fsp3) is 0.885. The normalized spacial score (nSPS) is 46.6. The van der Waals surface area contributed by atoms with Crippen LogP contribution in [-0.2, 0) is 14.3 Å². The van der Waals surface area contributed by atoms with Crippen LogP contribution in [0.1, 0.15) is 99.3 Å². The van der Waals surface area contributed by atoms with Crippen LogP contribution in [0.3, 0.4) is 0 Å². The Kier molecular flexibility index (Phi) is 5.05. The molecule has 0 amide bonds. The summed E-state index contributed by atoms with van der Waals surface area (Å²) in [5, 5.41) is 0. The third-order valence-electron chi connectivity index (χ3n) is 9.40. The lowest BCUT2D eigenvalue weighted by molar-refractivity contribution is -0.197. The van der Waals surface area contributed by atoms with E-state index in [0.717, 1.165) is 38.5 Å². The highest BCUT2D eigenvalue weighted by Gasteiger charge is 2.68. The Morgan fingerprint density at radius 2 is 1.69 bits per heavy atom. The quantitative estimate of drug-likeness (QED) is 0.400. The number of carbonyl (C=O) groups is 1. The van der Waals surface area contributed by atoms with Gasteiger partial charge in [-0.15, -0.1) is 0 Å². The molecule has 0 aromatic carbocycles. The monoisotopic (exact) mass is 402 g/mol. The maximum atomic E-state index is 13.2. The van der Waals surface area contributed by atoms with Crippen molar-refractivity contribution in [2.75, 3.05) is 0 Å². The van der Waals surface area contributed by atoms with Gasteiger partial charge in [0, 0.05) is 0 Å². The van der Waals surface area contributed by atoms with Crippen molar-refractivity contribution in [1.29, 1.82) is 0 Å². The third-order valence-corrected chi connectivity index (χ3v) is 9.40. The molecule has 29 heavy (non-hydrogen) atoms. The van der Waals surface area contributed by atoms with E-state index < -0.39 is 0 Å². The SMILES string of the molecule is C=C1CC23CCC4C(C)(C(=O)OC(C)C)CCCC4(C)C2CCC1(OC(C)C)C3. The minimum atomic E-state index is -0.336. The first-order valence-electron chi connectivity index (χ1n) is 12.0. The highest BCUT2D eigenvalue weighted by molar-refractivity contribution is 5.77. The van der Waals surface area contributed by atoms with Crippen LogP contribution in [0.5, 0.6) is 0 Å². The van der Waals surface area contributed by atoms with Gasteiger partial charge >= 0.3 is 5.97 Å². The number of hydrogen-bond acceptors (Lipinski definition) is 3. The second-order valence-electron chi connectivity index (χ2n) is 11.9. The van der Waals surface area contributed by atoms with Crippen molar-refractivity contribution in [2.45, 2.75) is 117 Å². The summed E-state index contributed by atoms with van der Waals surface area (Å²) >= 11 is 0. The highest BCUT2D eigenvalue weighted by atomic mass is 16.5. The maximum Gasteiger partial charge on any atom is 0.312 e. The highest BCUT2D eigenvalue weighted by Crippen LogP contribution is 2.73. The van der Waals surface area contributed by atoms with Crippen LogP contribution in [-0.4, -0.2) is 23.8 Å². The summed E-state index contributed by atoms with van der Waals surface area (Å²) in [5.41, 5.74) is 1.46. The molecule has 4 rings (SSSR count). The molecule has 4 saturated carbocycles. The Morgan fingerprint density at radius 1 is 1.00 bits per heavy atom. The Hall–Kier alpha value is -0.830. The molecule has 6 unspecified atom stereocenters. The minimum absolute atomic E-state index is 0.0379. The Balaban J connectivity index is 1.66. The number of hydrogen-bond donors (Lipinski definition) is 0. The molecule has 6 atom stereocenters. The summed E-state index contributed by atoms with van der Waals surface area (Å²) in [6, 6.07) is 0. The summed E-state index contributed by atoms with van der Waals surface area (Å²) in [6.07, 6.45) is 10.5. The van der Waals surface area contributed by atoms with E-state index >= 15 is 0 Å². The van der Waals surface area contributed by atoms with Gasteiger partial charge in [0.2, 0.25) is 0 Å². The first kappa shape index (κ1) is 21.4. The predicted octanol–water partition coefficient (Wildman–Crippen LogP) is 6.45. The molecule has 4 aliphatic carbocycles. The van der Waals surface area contributed by atoms with Crippen LogP contribution in [0.4, 0.5) is 0 Å². The lowest BCUT2D eigenvalue weighted by Gasteiger charge is -2.64. The number of rotatable bonds is 4. The molecular formula is C26H42O3. The van der Waals surface area contributed by atoms with Gasteiger partial charge in [-0.05, 0) is 114 Å². The summed E-state index contributed by atoms with van der Waals surface area (Å²) in [4.78, 5) is 13.2. The summed E-state index contributed by atoms with van der Waals surface area (Å²) < 4.78 is 12.3. The molecule has 0 aromatic heterocycles. The van der Waals surface area contributed by atoms with Crippen LogP contribution in [0.25, 0.3) is 0 Å². The van der Waals surface area contributed by atoms with Gasteiger partial charge in [0.15, 0.2) is 0 Å². The van der Waals surface area contributed by atoms with E-state index in [9.17, 15) is 4.79 Å². The van der Waals surface area contributed by atoms with E-state index in [1.807, 2.05) is 13.8 Å². The molecule has 2 bridgehead atoms. The first-order valence-corrected chi connectivity index (χ1v) is 12.0. The van der Waals surface area contributed by atoms with Crippen LogP contribution in [0.15, 0.2) is 12.2 Å². The molecule has 0 aliphatic heterocycles. The Labute approximate surface area is 178 Å². The molecule has 0 N–H and O–H groups in total. The van der Waals surface area contributed by atoms with Gasteiger partial charge in [-0.3, -0.25) is 4.79 Å². The van der Waals surface area contributed by atoms with Gasteiger partial charge in [-0.1, -0.05) is 19.9 Å². The van der Waals surface area contributed by atoms with E-state index in [0.29, 0.717) is 17.3 Å². The molecule has 4 aliphatic rings. The topological polar surface area (TPSA) is 35.5 Å². The van der Waals surface area contributed by atoms with Crippen molar-refractivity contribution in [3.8, 4) is 0 Å². The molecule has 4 fully saturated rings. The zero-order chi connectivity index (χ0) is 21.2. The molecule has 0 heterocycles. The van der Waals surface area contributed by atoms with Crippen LogP contribution >= 0.6 is 0 Å². The fourth-order valence-electron chi connectivity index (χ4n) is 8.56. The lowest BCUT2D eigenvalue weighted by Crippen LogP contribution is -2.59. The van der Waals surface area contributed by atoms with Crippen LogP contribution in [0.2, 0.25) is 0 Å². The molecule has 0 saturated heterocycles. The molecule has 3 heteroatoms. The zero-order valence-corrected chi connectivity index (χ0v) is 19.6. The summed E-state index contributed by atoms with van der Waals surface area (Å²) in [6.45, 7) is 17.5. The van der Waals surface area contributed by atoms with Crippen LogP contribution < -0.4 is 0 Å². The maximum absolute atomic E-state index is 13.2. The molecule has 3 nitrogen and oxygen atoms in total. The Bertz CT molecular complexity index is 696. The minimum Gasteiger partial charge on any atom is -0.463 e. The second-order valence-corrected chi connectivity index (χ2v) is 11.9. The van der Waals surface area contributed by atoms with Crippen molar-refractivity contribution >= 4 is 5.97 Å². The smallest absolute Gasteiger partial charge is 0.312 e. The second kappa shape index (κ2) is 6.84. The van der Waals surface area contributed by atoms with E-state index in [-0.39, 0.29) is 34.6 Å². The largest absolute Gasteiger partial charge is 0.463 e. The number of carbonyl (C=O) groups excluding carboxylic acids is 1. The number of fused-ring (bicyclic) bond motifs is 3. The van der Waals surface area contributed by atoms with Gasteiger partial charge in [0.1, 0.15) is 0 Å². The van der Waals surface area contributed by atoms with Gasteiger partial charge < -0.3 is 9.47 Å². The first-order chi connectivity index (χ1) is 13.5. The number of esters is 1. The lowest BCUT2D eigenvalue weighted by atomic mass is 9.41. The average molecular weight is 403 g/mol. The molecule has 0 radical (unpaired) electrons. The van der Waals surface area contributed by atoms with Crippen LogP contribution in [0, 0.1) is 28.1 Å². The molecule has 0 aromatic rings. The predicted molar refractivity (Wildman–Crippen MR) is 117 cm³/mol. The van der Waals surface area contributed by atoms with Crippen molar-refractivity contribution in [3.05, 3.63) is 12.2 Å². The zero-order valence-electron chi connectivity index (χ0n) is 19.6. The van der Waals surface area contributed by atoms with E-state index in [1.165, 1.54) is 24.8 Å². The Morgan fingerprint density at radius 3 is 2.34 bits per heavy atom. The van der Waals surface area contributed by atoms with Crippen molar-refractivity contribution < 1.29 is 14.3 Å². The molecule has 1 spiro atoms. The molecular weight excluding hydrogens is 360 g/mol. The standard InChI is InChI=1S/C26H42O3/c1-17(2)28-22(27)24(7)12-8-11-23(6)20(24)9-13-25-15-19(5)26(16-25,29-18(3)4)14-10-21(23)25/h17-18,20-21H,5,8-16H2,1-4,6-7H3. The fourth-order valence-corrected chi connectivity index (χ4v) is 8.56. The van der Waals surface area contributed by atoms with Gasteiger partial charge in [-0.2, -0.15) is 0 Å². The van der Waals surface area contributed by atoms with Gasteiger partial charge in [0.25, 0.3) is 0 Å². The van der Waals surface area contributed by atoms with Crippen molar-refractivity contribution in [2.24, 2.45) is 28.1 Å². The molecule has 164 valence electrons. The third kappa shape index (κ3) is 3.05. The van der Waals surface area contributed by atoms with Crippen molar-refractivity contribution in [3.63, 3.8) is 0 Å². The van der Waals surface area contributed by atoms with E-state index in [2.05, 4.69) is 34.3 Å². The summed E-state index contributed by atoms with van der Waals surface area (Å²) in [7, 11) is 0. The van der Waals surface area contributed by atoms with Crippen molar-refractivity contribution in [1.82, 2.24) is 0 Å². The van der Waals surface area contributed by atoms with Gasteiger partial charge in [0.05, 0.1) is 23.2 Å². The van der Waals surface area contributed by atoms with E-state index in [1.54, 1.807) is 0 Å². The van der Waals surface area contributed by atoms with Gasteiger partial charge in [-0.25, -0.2) is 0 Å².